The predicted molar refractivity (Wildman–Crippen MR) is 60.8 cm³/mol. The van der Waals surface area contributed by atoms with E-state index in [2.05, 4.69) is 21.0 Å². The first kappa shape index (κ1) is 9.27. The van der Waals surface area contributed by atoms with Gasteiger partial charge in [0.25, 0.3) is 0 Å². The van der Waals surface area contributed by atoms with Crippen molar-refractivity contribution in [3.63, 3.8) is 0 Å². The van der Waals surface area contributed by atoms with Crippen molar-refractivity contribution in [3.05, 3.63) is 34.8 Å². The molecule has 72 valence electrons. The molecule has 0 aliphatic rings. The quantitative estimate of drug-likeness (QED) is 0.847. The highest BCUT2D eigenvalue weighted by atomic mass is 79.9. The van der Waals surface area contributed by atoms with Crippen LogP contribution < -0.4 is 5.73 Å². The van der Waals surface area contributed by atoms with Crippen LogP contribution in [0.25, 0.3) is 11.3 Å². The Bertz CT molecular complexity index is 443. The molecule has 2 aromatic rings. The highest BCUT2D eigenvalue weighted by Crippen LogP contribution is 2.22. The maximum Gasteiger partial charge on any atom is 0.121 e. The molecule has 0 unspecified atom stereocenters. The first-order valence-electron chi connectivity index (χ1n) is 4.22. The number of nitrogens with two attached hydrogens (primary N) is 1. The van der Waals surface area contributed by atoms with Crippen molar-refractivity contribution < 1.29 is 0 Å². The van der Waals surface area contributed by atoms with Crippen molar-refractivity contribution in [2.24, 2.45) is 7.05 Å². The van der Waals surface area contributed by atoms with Crippen molar-refractivity contribution in [3.8, 4) is 11.3 Å². The fourth-order valence-corrected chi connectivity index (χ4v) is 1.67. The van der Waals surface area contributed by atoms with Gasteiger partial charge in [-0.25, -0.2) is 0 Å². The maximum absolute atomic E-state index is 5.70. The fraction of sp³-hybridized carbons (Fsp3) is 0.100. The Kier molecular flexibility index (Phi) is 2.29. The summed E-state index contributed by atoms with van der Waals surface area (Å²) in [6.07, 6.45) is 0. The molecule has 1 heterocycles. The van der Waals surface area contributed by atoms with Gasteiger partial charge in [0, 0.05) is 23.2 Å². The standard InChI is InChI=1S/C10H10BrN3/c1-14-10(12)6-9(13-14)7-3-2-4-8(11)5-7/h2-6H,12H2,1H3. The monoisotopic (exact) mass is 251 g/mol. The molecular weight excluding hydrogens is 242 g/mol. The van der Waals surface area contributed by atoms with Crippen LogP contribution in [0.4, 0.5) is 5.82 Å². The third-order valence-corrected chi connectivity index (χ3v) is 2.53. The van der Waals surface area contributed by atoms with E-state index in [1.165, 1.54) is 0 Å². The van der Waals surface area contributed by atoms with Crippen LogP contribution in [0.1, 0.15) is 0 Å². The Morgan fingerprint density at radius 2 is 2.14 bits per heavy atom. The van der Waals surface area contributed by atoms with Gasteiger partial charge in [0.05, 0.1) is 5.69 Å². The molecule has 1 aromatic carbocycles. The maximum atomic E-state index is 5.70. The average molecular weight is 252 g/mol. The van der Waals surface area contributed by atoms with Gasteiger partial charge in [-0.05, 0) is 12.1 Å². The summed E-state index contributed by atoms with van der Waals surface area (Å²) in [5.74, 6) is 0.667. The van der Waals surface area contributed by atoms with Crippen molar-refractivity contribution in [1.29, 1.82) is 0 Å². The van der Waals surface area contributed by atoms with Crippen LogP contribution in [-0.2, 0) is 7.05 Å². The lowest BCUT2D eigenvalue weighted by atomic mass is 10.2. The zero-order valence-corrected chi connectivity index (χ0v) is 9.32. The van der Waals surface area contributed by atoms with Gasteiger partial charge < -0.3 is 5.73 Å². The molecule has 0 spiro atoms. The summed E-state index contributed by atoms with van der Waals surface area (Å²) in [5, 5.41) is 4.29. The lowest BCUT2D eigenvalue weighted by molar-refractivity contribution is 0.782. The summed E-state index contributed by atoms with van der Waals surface area (Å²) in [6.45, 7) is 0. The zero-order valence-electron chi connectivity index (χ0n) is 7.74. The van der Waals surface area contributed by atoms with Gasteiger partial charge in [0.15, 0.2) is 0 Å². The van der Waals surface area contributed by atoms with Crippen molar-refractivity contribution in [1.82, 2.24) is 9.78 Å². The van der Waals surface area contributed by atoms with E-state index in [-0.39, 0.29) is 0 Å². The number of aromatic nitrogens is 2. The molecule has 1 aromatic heterocycles. The summed E-state index contributed by atoms with van der Waals surface area (Å²) < 4.78 is 2.70. The smallest absolute Gasteiger partial charge is 0.121 e. The first-order chi connectivity index (χ1) is 6.66. The van der Waals surface area contributed by atoms with Gasteiger partial charge in [-0.3, -0.25) is 4.68 Å². The molecule has 0 fully saturated rings. The highest BCUT2D eigenvalue weighted by molar-refractivity contribution is 9.10. The lowest BCUT2D eigenvalue weighted by Crippen LogP contribution is -1.96. The van der Waals surface area contributed by atoms with Gasteiger partial charge in [0.2, 0.25) is 0 Å². The minimum atomic E-state index is 0.667. The number of nitrogens with zero attached hydrogens (tertiary/aromatic N) is 2. The van der Waals surface area contributed by atoms with Crippen LogP contribution in [0.2, 0.25) is 0 Å². The van der Waals surface area contributed by atoms with Crippen LogP contribution in [0.15, 0.2) is 34.8 Å². The second-order valence-electron chi connectivity index (χ2n) is 3.09. The topological polar surface area (TPSA) is 43.8 Å². The van der Waals surface area contributed by atoms with Gasteiger partial charge in [-0.15, -0.1) is 0 Å². The lowest BCUT2D eigenvalue weighted by Gasteiger charge is -1.96. The number of nitrogen functional groups attached to an aromatic ring is 1. The minimum Gasteiger partial charge on any atom is -0.384 e. The van der Waals surface area contributed by atoms with Crippen molar-refractivity contribution in [2.75, 3.05) is 5.73 Å². The van der Waals surface area contributed by atoms with Crippen LogP contribution in [-0.4, -0.2) is 9.78 Å². The summed E-state index contributed by atoms with van der Waals surface area (Å²) >= 11 is 3.42. The molecule has 0 aliphatic heterocycles. The third kappa shape index (κ3) is 1.65. The Hall–Kier alpha value is -1.29. The van der Waals surface area contributed by atoms with Gasteiger partial charge in [-0.1, -0.05) is 28.1 Å². The molecule has 3 nitrogen and oxygen atoms in total. The van der Waals surface area contributed by atoms with Crippen LogP contribution in [0.5, 0.6) is 0 Å². The van der Waals surface area contributed by atoms with E-state index in [0.717, 1.165) is 15.7 Å². The number of anilines is 1. The van der Waals surface area contributed by atoms with Gasteiger partial charge >= 0.3 is 0 Å². The van der Waals surface area contributed by atoms with Gasteiger partial charge in [0.1, 0.15) is 5.82 Å². The molecule has 4 heteroatoms. The molecule has 14 heavy (non-hydrogen) atoms. The first-order valence-corrected chi connectivity index (χ1v) is 5.01. The Balaban J connectivity index is 2.49. The number of hydrogen-bond acceptors (Lipinski definition) is 2. The number of aryl methyl sites for hydroxylation is 1. The number of benzene rings is 1. The average Bonchev–Trinajstić information content (AvgIpc) is 2.47. The predicted octanol–water partition coefficient (Wildman–Crippen LogP) is 2.43. The second-order valence-corrected chi connectivity index (χ2v) is 4.00. The largest absolute Gasteiger partial charge is 0.384 e. The SMILES string of the molecule is Cn1nc(-c2cccc(Br)c2)cc1N. The number of hydrogen-bond donors (Lipinski definition) is 1. The zero-order chi connectivity index (χ0) is 10.1. The van der Waals surface area contributed by atoms with Gasteiger partial charge in [-0.2, -0.15) is 5.10 Å². The number of rotatable bonds is 1. The summed E-state index contributed by atoms with van der Waals surface area (Å²) in [6, 6.07) is 9.84. The molecule has 2 rings (SSSR count). The molecular formula is C10H10BrN3. The number of halogens is 1. The molecule has 0 amide bonds. The van der Waals surface area contributed by atoms with Crippen LogP contribution >= 0.6 is 15.9 Å². The molecule has 0 atom stereocenters. The van der Waals surface area contributed by atoms with Crippen LogP contribution in [0.3, 0.4) is 0 Å². The van der Waals surface area contributed by atoms with E-state index in [1.54, 1.807) is 4.68 Å². The van der Waals surface area contributed by atoms with E-state index < -0.39 is 0 Å². The second kappa shape index (κ2) is 3.46. The molecule has 2 N–H and O–H groups in total. The molecule has 0 bridgehead atoms. The summed E-state index contributed by atoms with van der Waals surface area (Å²) in [5.41, 5.74) is 7.66. The fourth-order valence-electron chi connectivity index (χ4n) is 1.27. The Labute approximate surface area is 90.7 Å². The van der Waals surface area contributed by atoms with E-state index in [0.29, 0.717) is 5.82 Å². The Morgan fingerprint density at radius 3 is 2.71 bits per heavy atom. The Morgan fingerprint density at radius 1 is 1.36 bits per heavy atom. The van der Waals surface area contributed by atoms with Crippen LogP contribution in [0, 0.1) is 0 Å². The summed E-state index contributed by atoms with van der Waals surface area (Å²) in [7, 11) is 1.83. The molecule has 0 radical (unpaired) electrons. The third-order valence-electron chi connectivity index (χ3n) is 2.04. The van der Waals surface area contributed by atoms with Crippen molar-refractivity contribution in [2.45, 2.75) is 0 Å². The normalized spacial score (nSPS) is 10.4. The summed E-state index contributed by atoms with van der Waals surface area (Å²) in [4.78, 5) is 0. The molecule has 0 aliphatic carbocycles. The molecule has 0 saturated carbocycles. The molecule has 0 saturated heterocycles. The van der Waals surface area contributed by atoms with E-state index in [4.69, 9.17) is 5.73 Å². The minimum absolute atomic E-state index is 0.667. The van der Waals surface area contributed by atoms with E-state index in [1.807, 2.05) is 37.4 Å². The highest BCUT2D eigenvalue weighted by Gasteiger charge is 2.04. The van der Waals surface area contributed by atoms with E-state index in [9.17, 15) is 0 Å². The van der Waals surface area contributed by atoms with Crippen molar-refractivity contribution >= 4 is 21.7 Å². The van der Waals surface area contributed by atoms with E-state index >= 15 is 0 Å².